The summed E-state index contributed by atoms with van der Waals surface area (Å²) in [5, 5.41) is 6.13. The van der Waals surface area contributed by atoms with Crippen molar-refractivity contribution in [1.29, 1.82) is 0 Å². The molecule has 0 aromatic heterocycles. The highest BCUT2D eigenvalue weighted by atomic mass is 35.5. The molecule has 2 amide bonds. The van der Waals surface area contributed by atoms with Crippen molar-refractivity contribution in [2.75, 3.05) is 45.9 Å². The molecule has 2 fully saturated rings. The van der Waals surface area contributed by atoms with Crippen LogP contribution in [0.25, 0.3) is 10.8 Å². The highest BCUT2D eigenvalue weighted by molar-refractivity contribution is 6.42. The first-order valence-corrected chi connectivity index (χ1v) is 13.5. The fraction of sp³-hybridized carbons (Fsp3) is 0.379. The Kier molecular flexibility index (Phi) is 9.91. The van der Waals surface area contributed by atoms with Crippen LogP contribution in [0.1, 0.15) is 28.7 Å². The standard InChI is InChI=1S/C29H31Cl2N3O3.ClH/c30-26-6-5-20(16-27(26)31)15-21-17-22(19-34-10-8-28(35)32-18-29(34)36)23-3-1-2-4-25(23)24(21)7-9-33-11-13-37-14-12-33;/h1-6,16-17H,7-15,18-19H2,(H,32,35);1H. The fourth-order valence-corrected chi connectivity index (χ4v) is 5.55. The molecule has 9 heteroatoms. The smallest absolute Gasteiger partial charge is 0.242 e. The van der Waals surface area contributed by atoms with E-state index in [-0.39, 0.29) is 30.8 Å². The Balaban J connectivity index is 0.00000336. The topological polar surface area (TPSA) is 61.9 Å². The fourth-order valence-electron chi connectivity index (χ4n) is 5.23. The summed E-state index contributed by atoms with van der Waals surface area (Å²) in [6, 6.07) is 16.5. The van der Waals surface area contributed by atoms with Gasteiger partial charge in [0.2, 0.25) is 11.8 Å². The lowest BCUT2D eigenvalue weighted by Gasteiger charge is -2.28. The lowest BCUT2D eigenvalue weighted by molar-refractivity contribution is -0.130. The molecule has 0 unspecified atom stereocenters. The van der Waals surface area contributed by atoms with Crippen LogP contribution in [0.4, 0.5) is 0 Å². The van der Waals surface area contributed by atoms with Crippen molar-refractivity contribution in [3.63, 3.8) is 0 Å². The van der Waals surface area contributed by atoms with Crippen molar-refractivity contribution < 1.29 is 14.3 Å². The average Bonchev–Trinajstić information content (AvgIpc) is 3.07. The number of nitrogens with one attached hydrogen (secondary N) is 1. The number of ether oxygens (including phenoxy) is 1. The van der Waals surface area contributed by atoms with Gasteiger partial charge < -0.3 is 15.0 Å². The van der Waals surface area contributed by atoms with E-state index in [2.05, 4.69) is 34.5 Å². The first-order valence-electron chi connectivity index (χ1n) is 12.8. The summed E-state index contributed by atoms with van der Waals surface area (Å²) in [5.41, 5.74) is 4.71. The third-order valence-corrected chi connectivity index (χ3v) is 7.99. The second kappa shape index (κ2) is 13.1. The molecule has 0 bridgehead atoms. The largest absolute Gasteiger partial charge is 0.379 e. The first-order chi connectivity index (χ1) is 18.0. The zero-order valence-corrected chi connectivity index (χ0v) is 23.5. The van der Waals surface area contributed by atoms with Gasteiger partial charge in [0, 0.05) is 39.1 Å². The predicted octanol–water partition coefficient (Wildman–Crippen LogP) is 4.88. The number of hydrogen-bond acceptors (Lipinski definition) is 4. The van der Waals surface area contributed by atoms with E-state index in [9.17, 15) is 9.59 Å². The minimum absolute atomic E-state index is 0. The molecule has 0 aliphatic carbocycles. The van der Waals surface area contributed by atoms with Crippen molar-refractivity contribution in [3.05, 3.63) is 80.8 Å². The van der Waals surface area contributed by atoms with Gasteiger partial charge in [-0.3, -0.25) is 14.5 Å². The van der Waals surface area contributed by atoms with E-state index >= 15 is 0 Å². The second-order valence-corrected chi connectivity index (χ2v) is 10.5. The van der Waals surface area contributed by atoms with Crippen LogP contribution < -0.4 is 5.32 Å². The number of hydrogen-bond donors (Lipinski definition) is 1. The van der Waals surface area contributed by atoms with Crippen LogP contribution in [0.2, 0.25) is 10.0 Å². The zero-order valence-electron chi connectivity index (χ0n) is 21.2. The van der Waals surface area contributed by atoms with Gasteiger partial charge in [0.25, 0.3) is 0 Å². The van der Waals surface area contributed by atoms with Crippen LogP contribution in [0.15, 0.2) is 48.5 Å². The Morgan fingerprint density at radius 1 is 0.895 bits per heavy atom. The number of morpholine rings is 1. The summed E-state index contributed by atoms with van der Waals surface area (Å²) in [7, 11) is 0. The number of halogens is 3. The quantitative estimate of drug-likeness (QED) is 0.436. The van der Waals surface area contributed by atoms with E-state index < -0.39 is 0 Å². The number of rotatable bonds is 7. The number of amides is 2. The molecule has 2 aliphatic rings. The number of benzene rings is 3. The number of nitrogens with zero attached hydrogens (tertiary/aromatic N) is 2. The lowest BCUT2D eigenvalue weighted by atomic mass is 9.89. The van der Waals surface area contributed by atoms with Gasteiger partial charge in [-0.15, -0.1) is 12.4 Å². The molecular weight excluding hydrogens is 545 g/mol. The number of carbonyl (C=O) groups excluding carboxylic acids is 2. The molecule has 3 aromatic carbocycles. The summed E-state index contributed by atoms with van der Waals surface area (Å²) in [6.45, 7) is 5.33. The lowest BCUT2D eigenvalue weighted by Crippen LogP contribution is -2.37. The molecule has 0 spiro atoms. The summed E-state index contributed by atoms with van der Waals surface area (Å²) in [5.74, 6) is -0.142. The minimum atomic E-state index is -0.0838. The van der Waals surface area contributed by atoms with E-state index in [4.69, 9.17) is 27.9 Å². The Bertz CT molecular complexity index is 1310. The van der Waals surface area contributed by atoms with Crippen LogP contribution in [-0.2, 0) is 33.7 Å². The summed E-state index contributed by atoms with van der Waals surface area (Å²) in [4.78, 5) is 28.9. The molecule has 38 heavy (non-hydrogen) atoms. The zero-order chi connectivity index (χ0) is 25.8. The first kappa shape index (κ1) is 28.7. The van der Waals surface area contributed by atoms with Gasteiger partial charge in [0.1, 0.15) is 0 Å². The van der Waals surface area contributed by atoms with E-state index in [1.54, 1.807) is 4.90 Å². The number of fused-ring (bicyclic) bond motifs is 1. The molecule has 202 valence electrons. The third kappa shape index (κ3) is 6.80. The highest BCUT2D eigenvalue weighted by Gasteiger charge is 2.22. The Morgan fingerprint density at radius 2 is 1.66 bits per heavy atom. The van der Waals surface area contributed by atoms with E-state index in [1.807, 2.05) is 24.3 Å². The van der Waals surface area contributed by atoms with Crippen molar-refractivity contribution in [2.45, 2.75) is 25.8 Å². The normalized spacial score (nSPS) is 16.7. The molecule has 0 radical (unpaired) electrons. The van der Waals surface area contributed by atoms with Gasteiger partial charge in [-0.25, -0.2) is 0 Å². The molecular formula is C29H32Cl3N3O3. The van der Waals surface area contributed by atoms with Crippen molar-refractivity contribution >= 4 is 58.2 Å². The van der Waals surface area contributed by atoms with Gasteiger partial charge in [-0.05, 0) is 58.0 Å². The van der Waals surface area contributed by atoms with Crippen molar-refractivity contribution in [2.24, 2.45) is 0 Å². The van der Waals surface area contributed by atoms with Gasteiger partial charge in [0.05, 0.1) is 29.8 Å². The maximum Gasteiger partial charge on any atom is 0.242 e. The molecule has 0 atom stereocenters. The van der Waals surface area contributed by atoms with Gasteiger partial charge in [-0.1, -0.05) is 59.6 Å². The summed E-state index contributed by atoms with van der Waals surface area (Å²) >= 11 is 12.5. The summed E-state index contributed by atoms with van der Waals surface area (Å²) < 4.78 is 5.54. The van der Waals surface area contributed by atoms with Gasteiger partial charge >= 0.3 is 0 Å². The van der Waals surface area contributed by atoms with Crippen LogP contribution in [0.5, 0.6) is 0 Å². The molecule has 2 heterocycles. The number of carbonyl (C=O) groups is 2. The molecule has 1 N–H and O–H groups in total. The molecule has 6 nitrogen and oxygen atoms in total. The Labute approximate surface area is 239 Å². The van der Waals surface area contributed by atoms with E-state index in [0.29, 0.717) is 36.0 Å². The second-order valence-electron chi connectivity index (χ2n) is 9.69. The molecule has 2 saturated heterocycles. The molecule has 3 aromatic rings. The minimum Gasteiger partial charge on any atom is -0.379 e. The van der Waals surface area contributed by atoms with Crippen LogP contribution in [0, 0.1) is 0 Å². The Morgan fingerprint density at radius 3 is 2.42 bits per heavy atom. The monoisotopic (exact) mass is 575 g/mol. The molecule has 2 aliphatic heterocycles. The van der Waals surface area contributed by atoms with Crippen LogP contribution in [0.3, 0.4) is 0 Å². The highest BCUT2D eigenvalue weighted by Crippen LogP contribution is 2.31. The van der Waals surface area contributed by atoms with Crippen molar-refractivity contribution in [1.82, 2.24) is 15.1 Å². The summed E-state index contributed by atoms with van der Waals surface area (Å²) in [6.07, 6.45) is 1.94. The molecule has 0 saturated carbocycles. The third-order valence-electron chi connectivity index (χ3n) is 7.25. The van der Waals surface area contributed by atoms with Crippen LogP contribution in [-0.4, -0.2) is 67.6 Å². The predicted molar refractivity (Wildman–Crippen MR) is 154 cm³/mol. The SMILES string of the molecule is Cl.O=C1CCN(Cc2cc(Cc3ccc(Cl)c(Cl)c3)c(CCN3CCOCC3)c3ccccc23)C(=O)CN1. The van der Waals surface area contributed by atoms with Gasteiger partial charge in [-0.2, -0.15) is 0 Å². The van der Waals surface area contributed by atoms with Gasteiger partial charge in [0.15, 0.2) is 0 Å². The van der Waals surface area contributed by atoms with Crippen LogP contribution >= 0.6 is 35.6 Å². The average molecular weight is 577 g/mol. The van der Waals surface area contributed by atoms with Crippen molar-refractivity contribution in [3.8, 4) is 0 Å². The van der Waals surface area contributed by atoms with E-state index in [1.165, 1.54) is 16.5 Å². The maximum atomic E-state index is 12.8. The maximum absolute atomic E-state index is 12.8. The van der Waals surface area contributed by atoms with E-state index in [0.717, 1.165) is 55.8 Å². The molecule has 5 rings (SSSR count). The Hall–Kier alpha value is -2.35.